The molecule has 1 N–H and O–H groups in total. The van der Waals surface area contributed by atoms with Gasteiger partial charge in [-0.15, -0.1) is 12.8 Å². The summed E-state index contributed by atoms with van der Waals surface area (Å²) in [5, 5.41) is 2.78. The highest BCUT2D eigenvalue weighted by Crippen LogP contribution is 2.31. The molecule has 0 bridgehead atoms. The van der Waals surface area contributed by atoms with Gasteiger partial charge in [0.25, 0.3) is 5.91 Å². The highest BCUT2D eigenvalue weighted by atomic mass is 16.5. The number of rotatable bonds is 14. The van der Waals surface area contributed by atoms with Gasteiger partial charge in [-0.2, -0.15) is 0 Å². The molecule has 7 heteroatoms. The van der Waals surface area contributed by atoms with Gasteiger partial charge in [0.1, 0.15) is 37.9 Å². The number of hydrogen-bond acceptors (Lipinski definition) is 6. The van der Waals surface area contributed by atoms with Crippen LogP contribution in [0.5, 0.6) is 23.0 Å². The van der Waals surface area contributed by atoms with Crippen LogP contribution in [0, 0.1) is 24.7 Å². The third-order valence-electron chi connectivity index (χ3n) is 5.14. The van der Waals surface area contributed by atoms with E-state index < -0.39 is 6.10 Å². The second-order valence-corrected chi connectivity index (χ2v) is 7.65. The third kappa shape index (κ3) is 8.54. The van der Waals surface area contributed by atoms with Crippen LogP contribution in [0.3, 0.4) is 0 Å². The fourth-order valence-corrected chi connectivity index (χ4v) is 3.33. The summed E-state index contributed by atoms with van der Waals surface area (Å²) in [6, 6.07) is 22.8. The molecule has 0 aliphatic rings. The summed E-state index contributed by atoms with van der Waals surface area (Å²) in [5.74, 6) is 6.62. The first-order chi connectivity index (χ1) is 18.1. The zero-order chi connectivity index (χ0) is 26.3. The van der Waals surface area contributed by atoms with E-state index in [-0.39, 0.29) is 38.9 Å². The summed E-state index contributed by atoms with van der Waals surface area (Å²) in [4.78, 5) is 12.7. The summed E-state index contributed by atoms with van der Waals surface area (Å²) in [6.45, 7) is 0.601. The van der Waals surface area contributed by atoms with E-state index >= 15 is 0 Å². The molecule has 1 unspecified atom stereocenters. The number of carbonyl (C=O) groups excluding carboxylic acids is 1. The number of amides is 1. The molecule has 0 heterocycles. The van der Waals surface area contributed by atoms with Crippen LogP contribution in [0.15, 0.2) is 72.8 Å². The van der Waals surface area contributed by atoms with Gasteiger partial charge >= 0.3 is 0 Å². The lowest BCUT2D eigenvalue weighted by Gasteiger charge is -2.18. The Morgan fingerprint density at radius 3 is 2.24 bits per heavy atom. The fraction of sp³-hybridized carbons (Fsp3) is 0.233. The zero-order valence-corrected chi connectivity index (χ0v) is 20.6. The maximum atomic E-state index is 12.7. The largest absolute Gasteiger partial charge is 0.493 e. The molecule has 7 nitrogen and oxygen atoms in total. The Hall–Kier alpha value is -4.59. The van der Waals surface area contributed by atoms with Gasteiger partial charge in [-0.25, -0.2) is 0 Å². The van der Waals surface area contributed by atoms with E-state index in [0.29, 0.717) is 23.0 Å². The molecule has 3 aromatic carbocycles. The first-order valence-electron chi connectivity index (χ1n) is 11.6. The van der Waals surface area contributed by atoms with Crippen molar-refractivity contribution in [1.82, 2.24) is 5.32 Å². The Bertz CT molecular complexity index is 1210. The van der Waals surface area contributed by atoms with Crippen molar-refractivity contribution in [2.45, 2.75) is 6.10 Å². The number of terminal acetylenes is 2. The maximum absolute atomic E-state index is 12.7. The van der Waals surface area contributed by atoms with Crippen LogP contribution in [0.2, 0.25) is 0 Å². The lowest BCUT2D eigenvalue weighted by molar-refractivity contribution is -0.133. The predicted molar refractivity (Wildman–Crippen MR) is 142 cm³/mol. The molecule has 1 atom stereocenters. The molecule has 0 spiro atoms. The van der Waals surface area contributed by atoms with Gasteiger partial charge in [0.05, 0.1) is 13.7 Å². The number of hydrogen-bond donors (Lipinski definition) is 1. The van der Waals surface area contributed by atoms with Crippen LogP contribution < -0.4 is 24.3 Å². The van der Waals surface area contributed by atoms with Crippen LogP contribution in [0.25, 0.3) is 11.1 Å². The average Bonchev–Trinajstić information content (AvgIpc) is 2.95. The average molecular weight is 500 g/mol. The Labute approximate surface area is 217 Å². The number of methoxy groups -OCH3 is 1. The molecule has 3 aromatic rings. The smallest absolute Gasteiger partial charge is 0.252 e. The van der Waals surface area contributed by atoms with Crippen molar-refractivity contribution in [2.75, 3.05) is 40.1 Å². The minimum atomic E-state index is -0.877. The SMILES string of the molecule is C#CCOc1ccc(OCCNC(=O)C(COc2ccc(-c3ccccc3)cc2)OCC#C)cc1OC. The van der Waals surface area contributed by atoms with Crippen LogP contribution in [0.1, 0.15) is 0 Å². The van der Waals surface area contributed by atoms with Gasteiger partial charge in [0, 0.05) is 6.07 Å². The van der Waals surface area contributed by atoms with Crippen molar-refractivity contribution in [1.29, 1.82) is 0 Å². The molecular weight excluding hydrogens is 470 g/mol. The molecule has 0 aliphatic carbocycles. The summed E-state index contributed by atoms with van der Waals surface area (Å²) in [6.07, 6.45) is 9.65. The molecular formula is C30H29NO6. The van der Waals surface area contributed by atoms with Crippen molar-refractivity contribution in [3.8, 4) is 58.8 Å². The van der Waals surface area contributed by atoms with Gasteiger partial charge in [-0.1, -0.05) is 54.3 Å². The molecule has 37 heavy (non-hydrogen) atoms. The number of nitrogens with one attached hydrogen (secondary N) is 1. The molecule has 3 rings (SSSR count). The summed E-state index contributed by atoms with van der Waals surface area (Å²) in [5.41, 5.74) is 2.18. The van der Waals surface area contributed by atoms with Gasteiger partial charge < -0.3 is 29.0 Å². The Morgan fingerprint density at radius 2 is 1.54 bits per heavy atom. The van der Waals surface area contributed by atoms with Crippen molar-refractivity contribution in [3.63, 3.8) is 0 Å². The standard InChI is InChI=1S/C30H29NO6/c1-4-18-35-27-16-15-26(21-28(27)33-3)34-20-17-31-30(32)29(36-19-5-2)22-37-25-13-11-24(12-14-25)23-9-7-6-8-10-23/h1-2,6-16,21,29H,17-20,22H2,3H3,(H,31,32). The van der Waals surface area contributed by atoms with Gasteiger partial charge in [-0.05, 0) is 35.4 Å². The van der Waals surface area contributed by atoms with Crippen molar-refractivity contribution >= 4 is 5.91 Å². The lowest BCUT2D eigenvalue weighted by atomic mass is 10.1. The predicted octanol–water partition coefficient (Wildman–Crippen LogP) is 3.97. The minimum Gasteiger partial charge on any atom is -0.493 e. The second-order valence-electron chi connectivity index (χ2n) is 7.65. The van der Waals surface area contributed by atoms with Crippen LogP contribution in [-0.4, -0.2) is 52.1 Å². The quantitative estimate of drug-likeness (QED) is 0.267. The van der Waals surface area contributed by atoms with Crippen molar-refractivity contribution < 1.29 is 28.5 Å². The third-order valence-corrected chi connectivity index (χ3v) is 5.14. The molecule has 0 saturated heterocycles. The van der Waals surface area contributed by atoms with Crippen molar-refractivity contribution in [3.05, 3.63) is 72.8 Å². The topological polar surface area (TPSA) is 75.3 Å². The fourth-order valence-electron chi connectivity index (χ4n) is 3.33. The minimum absolute atomic E-state index is 0.00930. The molecule has 0 radical (unpaired) electrons. The Balaban J connectivity index is 1.48. The highest BCUT2D eigenvalue weighted by molar-refractivity contribution is 5.81. The summed E-state index contributed by atoms with van der Waals surface area (Å²) >= 11 is 0. The van der Waals surface area contributed by atoms with Crippen LogP contribution in [-0.2, 0) is 9.53 Å². The second kappa shape index (κ2) is 14.7. The Kier molecular flexibility index (Phi) is 10.7. The molecule has 0 fully saturated rings. The molecule has 0 aliphatic heterocycles. The highest BCUT2D eigenvalue weighted by Gasteiger charge is 2.20. The number of ether oxygens (including phenoxy) is 5. The summed E-state index contributed by atoms with van der Waals surface area (Å²) < 4.78 is 27.7. The normalized spacial score (nSPS) is 10.9. The first-order valence-corrected chi connectivity index (χ1v) is 11.6. The molecule has 0 aromatic heterocycles. The first kappa shape index (κ1) is 27.0. The van der Waals surface area contributed by atoms with E-state index in [0.717, 1.165) is 11.1 Å². The van der Waals surface area contributed by atoms with Crippen LogP contribution >= 0.6 is 0 Å². The molecule has 0 saturated carbocycles. The molecule has 190 valence electrons. The van der Waals surface area contributed by atoms with Gasteiger partial charge in [-0.3, -0.25) is 4.79 Å². The number of carbonyl (C=O) groups is 1. The zero-order valence-electron chi connectivity index (χ0n) is 20.6. The lowest BCUT2D eigenvalue weighted by Crippen LogP contribution is -2.41. The van der Waals surface area contributed by atoms with E-state index in [1.807, 2.05) is 54.6 Å². The maximum Gasteiger partial charge on any atom is 0.252 e. The monoisotopic (exact) mass is 499 g/mol. The summed E-state index contributed by atoms with van der Waals surface area (Å²) in [7, 11) is 1.53. The van der Waals surface area contributed by atoms with E-state index in [1.54, 1.807) is 18.2 Å². The number of benzene rings is 3. The van der Waals surface area contributed by atoms with Gasteiger partial charge in [0.2, 0.25) is 0 Å². The molecule has 1 amide bonds. The van der Waals surface area contributed by atoms with Crippen molar-refractivity contribution in [2.24, 2.45) is 0 Å². The van der Waals surface area contributed by atoms with Gasteiger partial charge in [0.15, 0.2) is 17.6 Å². The van der Waals surface area contributed by atoms with Crippen LogP contribution in [0.4, 0.5) is 0 Å². The Morgan fingerprint density at radius 1 is 0.838 bits per heavy atom. The van der Waals surface area contributed by atoms with E-state index in [1.165, 1.54) is 7.11 Å². The van der Waals surface area contributed by atoms with E-state index in [2.05, 4.69) is 17.2 Å². The van der Waals surface area contributed by atoms with E-state index in [9.17, 15) is 4.79 Å². The van der Waals surface area contributed by atoms with E-state index in [4.69, 9.17) is 36.5 Å².